The summed E-state index contributed by atoms with van der Waals surface area (Å²) in [6.07, 6.45) is 0.660. The molecule has 2 N–H and O–H groups in total. The number of thioether (sulfide) groups is 1. The zero-order valence-corrected chi connectivity index (χ0v) is 9.73. The smallest absolute Gasteiger partial charge is 0.227 e. The molecule has 5 heteroatoms. The summed E-state index contributed by atoms with van der Waals surface area (Å²) in [5, 5.41) is 3.88. The lowest BCUT2D eigenvalue weighted by Crippen LogP contribution is -2.08. The van der Waals surface area contributed by atoms with Crippen LogP contribution in [-0.4, -0.2) is 21.4 Å². The Morgan fingerprint density at radius 2 is 2.14 bits per heavy atom. The highest BCUT2D eigenvalue weighted by atomic mass is 32.2. The molecule has 0 aliphatic heterocycles. The normalized spacial score (nSPS) is 12.0. The minimum Gasteiger partial charge on any atom is -0.339 e. The van der Waals surface area contributed by atoms with Gasteiger partial charge in [0.05, 0.1) is 5.75 Å². The molecular weight excluding hydrogens is 198 g/mol. The summed E-state index contributed by atoms with van der Waals surface area (Å²) in [7, 11) is 0. The van der Waals surface area contributed by atoms with Gasteiger partial charge in [-0.1, -0.05) is 25.9 Å². The van der Waals surface area contributed by atoms with E-state index in [9.17, 15) is 0 Å². The summed E-state index contributed by atoms with van der Waals surface area (Å²) in [5.74, 6) is 2.18. The van der Waals surface area contributed by atoms with Crippen LogP contribution >= 0.6 is 11.8 Å². The SMILES string of the molecule is CC(C)(C)SCc1noc(CCN)n1. The van der Waals surface area contributed by atoms with E-state index in [0.29, 0.717) is 18.9 Å². The maximum atomic E-state index is 5.38. The van der Waals surface area contributed by atoms with Crippen LogP contribution in [-0.2, 0) is 12.2 Å². The van der Waals surface area contributed by atoms with Gasteiger partial charge in [0.1, 0.15) is 0 Å². The molecule has 1 heterocycles. The van der Waals surface area contributed by atoms with Gasteiger partial charge >= 0.3 is 0 Å². The Kier molecular flexibility index (Phi) is 3.95. The molecule has 0 fully saturated rings. The Morgan fingerprint density at radius 1 is 1.43 bits per heavy atom. The molecule has 0 saturated heterocycles. The van der Waals surface area contributed by atoms with Gasteiger partial charge in [-0.3, -0.25) is 0 Å². The molecule has 0 bridgehead atoms. The van der Waals surface area contributed by atoms with Crippen LogP contribution in [0.1, 0.15) is 32.5 Å². The van der Waals surface area contributed by atoms with E-state index < -0.39 is 0 Å². The van der Waals surface area contributed by atoms with Crippen LogP contribution in [0.5, 0.6) is 0 Å². The highest BCUT2D eigenvalue weighted by Crippen LogP contribution is 2.25. The number of aromatic nitrogens is 2. The number of nitrogens with two attached hydrogens (primary N) is 1. The number of hydrogen-bond donors (Lipinski definition) is 1. The Morgan fingerprint density at radius 3 is 2.71 bits per heavy atom. The summed E-state index contributed by atoms with van der Waals surface area (Å²) in [6.45, 7) is 7.05. The van der Waals surface area contributed by atoms with Crippen molar-refractivity contribution in [2.75, 3.05) is 6.54 Å². The first-order chi connectivity index (χ1) is 6.51. The molecule has 0 saturated carbocycles. The van der Waals surface area contributed by atoms with Crippen LogP contribution in [0, 0.1) is 0 Å². The molecule has 0 aliphatic rings. The molecule has 0 aromatic carbocycles. The van der Waals surface area contributed by atoms with E-state index in [0.717, 1.165) is 11.6 Å². The maximum Gasteiger partial charge on any atom is 0.227 e. The topological polar surface area (TPSA) is 64.9 Å². The fourth-order valence-corrected chi connectivity index (χ4v) is 1.53. The summed E-state index contributed by atoms with van der Waals surface area (Å²) in [4.78, 5) is 4.22. The molecule has 0 spiro atoms. The van der Waals surface area contributed by atoms with Gasteiger partial charge < -0.3 is 10.3 Å². The van der Waals surface area contributed by atoms with Crippen molar-refractivity contribution >= 4 is 11.8 Å². The predicted molar refractivity (Wildman–Crippen MR) is 58.1 cm³/mol. The van der Waals surface area contributed by atoms with Crippen molar-refractivity contribution in [3.05, 3.63) is 11.7 Å². The van der Waals surface area contributed by atoms with Crippen molar-refractivity contribution < 1.29 is 4.52 Å². The number of hydrogen-bond acceptors (Lipinski definition) is 5. The Hall–Kier alpha value is -0.550. The summed E-state index contributed by atoms with van der Waals surface area (Å²) in [5.41, 5.74) is 5.38. The van der Waals surface area contributed by atoms with Crippen molar-refractivity contribution in [2.24, 2.45) is 5.73 Å². The lowest BCUT2D eigenvalue weighted by Gasteiger charge is -2.15. The molecule has 4 nitrogen and oxygen atoms in total. The third-order valence-corrected chi connectivity index (χ3v) is 2.77. The maximum absolute atomic E-state index is 5.38. The van der Waals surface area contributed by atoms with Crippen molar-refractivity contribution in [1.82, 2.24) is 10.1 Å². The van der Waals surface area contributed by atoms with Gasteiger partial charge in [-0.2, -0.15) is 4.98 Å². The van der Waals surface area contributed by atoms with Crippen molar-refractivity contribution in [3.63, 3.8) is 0 Å². The van der Waals surface area contributed by atoms with Crippen molar-refractivity contribution in [3.8, 4) is 0 Å². The lowest BCUT2D eigenvalue weighted by molar-refractivity contribution is 0.375. The fourth-order valence-electron chi connectivity index (χ4n) is 0.855. The van der Waals surface area contributed by atoms with Gasteiger partial charge in [0, 0.05) is 17.7 Å². The van der Waals surface area contributed by atoms with Crippen LogP contribution in [0.25, 0.3) is 0 Å². The summed E-state index contributed by atoms with van der Waals surface area (Å²) >= 11 is 1.80. The molecule has 0 aliphatic carbocycles. The number of rotatable bonds is 4. The number of nitrogens with zero attached hydrogens (tertiary/aromatic N) is 2. The zero-order valence-electron chi connectivity index (χ0n) is 8.91. The van der Waals surface area contributed by atoms with Crippen LogP contribution < -0.4 is 5.73 Å². The second-order valence-corrected chi connectivity index (χ2v) is 5.85. The van der Waals surface area contributed by atoms with Crippen LogP contribution in [0.3, 0.4) is 0 Å². The first kappa shape index (κ1) is 11.5. The van der Waals surface area contributed by atoms with E-state index in [-0.39, 0.29) is 4.75 Å². The van der Waals surface area contributed by atoms with Gasteiger partial charge in [-0.05, 0) is 0 Å². The van der Waals surface area contributed by atoms with E-state index in [1.165, 1.54) is 0 Å². The van der Waals surface area contributed by atoms with Gasteiger partial charge in [0.2, 0.25) is 5.89 Å². The quantitative estimate of drug-likeness (QED) is 0.826. The molecule has 0 unspecified atom stereocenters. The third-order valence-electron chi connectivity index (χ3n) is 1.50. The second kappa shape index (κ2) is 4.79. The Bertz CT molecular complexity index is 280. The van der Waals surface area contributed by atoms with Gasteiger partial charge in [-0.25, -0.2) is 0 Å². The lowest BCUT2D eigenvalue weighted by atomic mass is 10.3. The minimum absolute atomic E-state index is 0.231. The van der Waals surface area contributed by atoms with Gasteiger partial charge in [-0.15, -0.1) is 11.8 Å². The molecule has 1 aromatic rings. The van der Waals surface area contributed by atoms with Crippen LogP contribution in [0.15, 0.2) is 4.52 Å². The van der Waals surface area contributed by atoms with E-state index in [2.05, 4.69) is 30.9 Å². The largest absolute Gasteiger partial charge is 0.339 e. The van der Waals surface area contributed by atoms with Crippen molar-refractivity contribution in [1.29, 1.82) is 0 Å². The summed E-state index contributed by atoms with van der Waals surface area (Å²) in [6, 6.07) is 0. The first-order valence-electron chi connectivity index (χ1n) is 4.67. The molecule has 80 valence electrons. The third kappa shape index (κ3) is 4.11. The predicted octanol–water partition coefficient (Wildman–Crippen LogP) is 1.60. The van der Waals surface area contributed by atoms with Crippen LogP contribution in [0.2, 0.25) is 0 Å². The molecule has 0 amide bonds. The average Bonchev–Trinajstić information content (AvgIpc) is 2.49. The zero-order chi connectivity index (χ0) is 10.6. The second-order valence-electron chi connectivity index (χ2n) is 4.04. The molecule has 1 rings (SSSR count). The van der Waals surface area contributed by atoms with Gasteiger partial charge in [0.15, 0.2) is 5.82 Å². The molecule has 0 atom stereocenters. The van der Waals surface area contributed by atoms with Gasteiger partial charge in [0.25, 0.3) is 0 Å². The van der Waals surface area contributed by atoms with E-state index >= 15 is 0 Å². The average molecular weight is 215 g/mol. The first-order valence-corrected chi connectivity index (χ1v) is 5.65. The van der Waals surface area contributed by atoms with E-state index in [1.807, 2.05) is 0 Å². The fraction of sp³-hybridized carbons (Fsp3) is 0.778. The van der Waals surface area contributed by atoms with E-state index in [1.54, 1.807) is 11.8 Å². The Labute approximate surface area is 88.6 Å². The highest BCUT2D eigenvalue weighted by molar-refractivity contribution is 7.99. The monoisotopic (exact) mass is 215 g/mol. The minimum atomic E-state index is 0.231. The van der Waals surface area contributed by atoms with Crippen molar-refractivity contribution in [2.45, 2.75) is 37.7 Å². The van der Waals surface area contributed by atoms with E-state index in [4.69, 9.17) is 10.3 Å². The molecule has 0 radical (unpaired) electrons. The molecule has 1 aromatic heterocycles. The highest BCUT2D eigenvalue weighted by Gasteiger charge is 2.13. The summed E-state index contributed by atoms with van der Waals surface area (Å²) < 4.78 is 5.25. The molecule has 14 heavy (non-hydrogen) atoms. The molecular formula is C9H17N3OS. The Balaban J connectivity index is 2.44. The van der Waals surface area contributed by atoms with Crippen LogP contribution in [0.4, 0.5) is 0 Å². The standard InChI is InChI=1S/C9H17N3OS/c1-9(2,3)14-6-7-11-8(4-5-10)13-12-7/h4-6,10H2,1-3H3.